The molecule has 96 valence electrons. The highest BCUT2D eigenvalue weighted by Crippen LogP contribution is 2.23. The minimum atomic E-state index is -3.34. The van der Waals surface area contributed by atoms with E-state index in [1.165, 1.54) is 0 Å². The predicted octanol–water partition coefficient (Wildman–Crippen LogP) is 2.24. The minimum absolute atomic E-state index is 0.260. The number of aliphatic hydroxyl groups is 1. The summed E-state index contributed by atoms with van der Waals surface area (Å²) in [5.74, 6) is 0. The van der Waals surface area contributed by atoms with Crippen LogP contribution in [0.25, 0.3) is 0 Å². The predicted molar refractivity (Wildman–Crippen MR) is 68.9 cm³/mol. The van der Waals surface area contributed by atoms with Crippen LogP contribution >= 0.6 is 0 Å². The van der Waals surface area contributed by atoms with E-state index in [0.717, 1.165) is 11.1 Å². The second kappa shape index (κ2) is 5.19. The summed E-state index contributed by atoms with van der Waals surface area (Å²) in [6.07, 6.45) is -0.346. The Hall–Kier alpha value is -0.870. The van der Waals surface area contributed by atoms with Gasteiger partial charge in [-0.1, -0.05) is 17.7 Å². The molecule has 3 nitrogen and oxygen atoms in total. The van der Waals surface area contributed by atoms with Crippen molar-refractivity contribution in [1.29, 1.82) is 0 Å². The van der Waals surface area contributed by atoms with Crippen molar-refractivity contribution in [1.82, 2.24) is 0 Å². The summed E-state index contributed by atoms with van der Waals surface area (Å²) in [4.78, 5) is 0.372. The average Bonchev–Trinajstić information content (AvgIpc) is 2.15. The van der Waals surface area contributed by atoms with Gasteiger partial charge in [-0.25, -0.2) is 8.42 Å². The number of rotatable bonds is 4. The van der Waals surface area contributed by atoms with Crippen molar-refractivity contribution in [2.45, 2.75) is 50.4 Å². The van der Waals surface area contributed by atoms with Gasteiger partial charge >= 0.3 is 0 Å². The van der Waals surface area contributed by atoms with Crippen molar-refractivity contribution in [3.63, 3.8) is 0 Å². The summed E-state index contributed by atoms with van der Waals surface area (Å²) < 4.78 is 24.6. The van der Waals surface area contributed by atoms with E-state index < -0.39 is 21.2 Å². The average molecular weight is 256 g/mol. The molecule has 0 radical (unpaired) electrons. The first kappa shape index (κ1) is 14.2. The maximum absolute atomic E-state index is 12.3. The molecule has 0 saturated heterocycles. The van der Waals surface area contributed by atoms with Crippen LogP contribution in [0.15, 0.2) is 23.1 Å². The van der Waals surface area contributed by atoms with Gasteiger partial charge < -0.3 is 5.11 Å². The standard InChI is InChI=1S/C13H20O3S/c1-9-5-6-13(10(2)7-9)17(15,16)12(4)8-11(3)14/h5-7,11-12,14H,8H2,1-4H3. The van der Waals surface area contributed by atoms with Crippen LogP contribution in [-0.4, -0.2) is 24.9 Å². The van der Waals surface area contributed by atoms with Crippen LogP contribution < -0.4 is 0 Å². The van der Waals surface area contributed by atoms with Crippen LogP contribution in [-0.2, 0) is 9.84 Å². The van der Waals surface area contributed by atoms with E-state index in [-0.39, 0.29) is 6.42 Å². The third kappa shape index (κ3) is 3.30. The van der Waals surface area contributed by atoms with Crippen molar-refractivity contribution < 1.29 is 13.5 Å². The van der Waals surface area contributed by atoms with E-state index in [0.29, 0.717) is 4.90 Å². The van der Waals surface area contributed by atoms with Crippen LogP contribution in [0.4, 0.5) is 0 Å². The summed E-state index contributed by atoms with van der Waals surface area (Å²) in [7, 11) is -3.34. The molecule has 0 aliphatic carbocycles. The smallest absolute Gasteiger partial charge is 0.181 e. The van der Waals surface area contributed by atoms with Crippen molar-refractivity contribution in [3.8, 4) is 0 Å². The molecule has 1 aromatic carbocycles. The summed E-state index contributed by atoms with van der Waals surface area (Å²) in [5.41, 5.74) is 1.81. The lowest BCUT2D eigenvalue weighted by molar-refractivity contribution is 0.184. The van der Waals surface area contributed by atoms with E-state index >= 15 is 0 Å². The summed E-state index contributed by atoms with van der Waals surface area (Å²) >= 11 is 0. The number of sulfone groups is 1. The Morgan fingerprint density at radius 3 is 2.29 bits per heavy atom. The number of benzene rings is 1. The first-order valence-electron chi connectivity index (χ1n) is 5.74. The zero-order valence-corrected chi connectivity index (χ0v) is 11.6. The topological polar surface area (TPSA) is 54.4 Å². The molecule has 0 amide bonds. The number of aliphatic hydroxyl groups excluding tert-OH is 1. The molecule has 0 aliphatic rings. The highest BCUT2D eigenvalue weighted by Gasteiger charge is 2.25. The molecule has 1 aromatic rings. The molecule has 0 bridgehead atoms. The lowest BCUT2D eigenvalue weighted by Crippen LogP contribution is -2.23. The van der Waals surface area contributed by atoms with Crippen molar-refractivity contribution >= 4 is 9.84 Å². The molecule has 0 fully saturated rings. The molecule has 1 N–H and O–H groups in total. The van der Waals surface area contributed by atoms with Gasteiger partial charge in [0.25, 0.3) is 0 Å². The zero-order chi connectivity index (χ0) is 13.2. The van der Waals surface area contributed by atoms with Gasteiger partial charge in [-0.3, -0.25) is 0 Å². The third-order valence-electron chi connectivity index (χ3n) is 2.84. The quantitative estimate of drug-likeness (QED) is 0.899. The molecular formula is C13H20O3S. The normalized spacial score (nSPS) is 15.6. The van der Waals surface area contributed by atoms with Gasteiger partial charge in [-0.2, -0.15) is 0 Å². The molecule has 0 heterocycles. The maximum atomic E-state index is 12.3. The van der Waals surface area contributed by atoms with Crippen molar-refractivity contribution in [2.24, 2.45) is 0 Å². The Morgan fingerprint density at radius 1 is 1.24 bits per heavy atom. The Labute approximate surface area is 103 Å². The maximum Gasteiger partial charge on any atom is 0.181 e. The molecule has 0 saturated carbocycles. The summed E-state index contributed by atoms with van der Waals surface area (Å²) in [6.45, 7) is 6.98. The van der Waals surface area contributed by atoms with Crippen LogP contribution in [0.1, 0.15) is 31.4 Å². The monoisotopic (exact) mass is 256 g/mol. The van der Waals surface area contributed by atoms with E-state index in [9.17, 15) is 13.5 Å². The molecular weight excluding hydrogens is 236 g/mol. The summed E-state index contributed by atoms with van der Waals surface area (Å²) in [5, 5.41) is 8.72. The number of hydrogen-bond donors (Lipinski definition) is 1. The minimum Gasteiger partial charge on any atom is -0.393 e. The summed E-state index contributed by atoms with van der Waals surface area (Å²) in [6, 6.07) is 5.31. The molecule has 4 heteroatoms. The Balaban J connectivity index is 3.13. The lowest BCUT2D eigenvalue weighted by atomic mass is 10.2. The van der Waals surface area contributed by atoms with E-state index in [2.05, 4.69) is 0 Å². The number of hydrogen-bond acceptors (Lipinski definition) is 3. The Bertz CT molecular complexity index is 489. The van der Waals surface area contributed by atoms with Gasteiger partial charge in [0.15, 0.2) is 9.84 Å². The van der Waals surface area contributed by atoms with E-state index in [1.54, 1.807) is 32.9 Å². The fraction of sp³-hybridized carbons (Fsp3) is 0.538. The van der Waals surface area contributed by atoms with Crippen LogP contribution in [0, 0.1) is 13.8 Å². The fourth-order valence-electron chi connectivity index (χ4n) is 1.94. The highest BCUT2D eigenvalue weighted by atomic mass is 32.2. The number of aryl methyl sites for hydroxylation is 2. The SMILES string of the molecule is Cc1ccc(S(=O)(=O)C(C)CC(C)O)c(C)c1. The van der Waals surface area contributed by atoms with Crippen molar-refractivity contribution in [3.05, 3.63) is 29.3 Å². The van der Waals surface area contributed by atoms with E-state index in [4.69, 9.17) is 0 Å². The van der Waals surface area contributed by atoms with Gasteiger partial charge in [0, 0.05) is 0 Å². The van der Waals surface area contributed by atoms with E-state index in [1.807, 2.05) is 13.0 Å². The molecule has 2 unspecified atom stereocenters. The highest BCUT2D eigenvalue weighted by molar-refractivity contribution is 7.92. The fourth-order valence-corrected chi connectivity index (χ4v) is 3.67. The molecule has 1 rings (SSSR count). The van der Waals surface area contributed by atoms with Gasteiger partial charge in [0.2, 0.25) is 0 Å². The molecule has 2 atom stereocenters. The first-order valence-corrected chi connectivity index (χ1v) is 7.29. The Morgan fingerprint density at radius 2 is 1.82 bits per heavy atom. The molecule has 17 heavy (non-hydrogen) atoms. The van der Waals surface area contributed by atoms with Crippen LogP contribution in [0.5, 0.6) is 0 Å². The van der Waals surface area contributed by atoms with Crippen LogP contribution in [0.2, 0.25) is 0 Å². The zero-order valence-electron chi connectivity index (χ0n) is 10.8. The molecule has 0 aliphatic heterocycles. The Kier molecular flexibility index (Phi) is 4.33. The van der Waals surface area contributed by atoms with Crippen molar-refractivity contribution in [2.75, 3.05) is 0 Å². The van der Waals surface area contributed by atoms with Gasteiger partial charge in [0.05, 0.1) is 16.2 Å². The van der Waals surface area contributed by atoms with Gasteiger partial charge in [-0.05, 0) is 45.7 Å². The second-order valence-electron chi connectivity index (χ2n) is 4.71. The molecule has 0 spiro atoms. The first-order chi connectivity index (χ1) is 7.75. The van der Waals surface area contributed by atoms with Gasteiger partial charge in [0.1, 0.15) is 0 Å². The lowest BCUT2D eigenvalue weighted by Gasteiger charge is -2.16. The van der Waals surface area contributed by atoms with Gasteiger partial charge in [-0.15, -0.1) is 0 Å². The third-order valence-corrected chi connectivity index (χ3v) is 5.16. The largest absolute Gasteiger partial charge is 0.393 e. The molecule has 0 aromatic heterocycles. The van der Waals surface area contributed by atoms with Crippen LogP contribution in [0.3, 0.4) is 0 Å². The second-order valence-corrected chi connectivity index (χ2v) is 7.04.